The van der Waals surface area contributed by atoms with Crippen LogP contribution in [0.3, 0.4) is 0 Å². The molecule has 21 heavy (non-hydrogen) atoms. The minimum Gasteiger partial charge on any atom is -0.309 e. The van der Waals surface area contributed by atoms with Gasteiger partial charge in [-0.3, -0.25) is 19.1 Å². The van der Waals surface area contributed by atoms with Gasteiger partial charge in [-0.1, -0.05) is 23.9 Å². The first kappa shape index (κ1) is 15.3. The van der Waals surface area contributed by atoms with E-state index in [9.17, 15) is 14.4 Å². The Labute approximate surface area is 124 Å². The fraction of sp³-hybridized carbons (Fsp3) is 0.385. The van der Waals surface area contributed by atoms with Crippen LogP contribution < -0.4 is 11.2 Å². The third kappa shape index (κ3) is 2.99. The summed E-state index contributed by atoms with van der Waals surface area (Å²) in [5.74, 6) is 0.290. The van der Waals surface area contributed by atoms with Gasteiger partial charge in [-0.25, -0.2) is 9.78 Å². The smallest absolute Gasteiger partial charge is 0.309 e. The summed E-state index contributed by atoms with van der Waals surface area (Å²) in [6.45, 7) is 3.82. The molecule has 0 saturated carbocycles. The van der Waals surface area contributed by atoms with E-state index < -0.39 is 11.2 Å². The Morgan fingerprint density at radius 2 is 2.14 bits per heavy atom. The van der Waals surface area contributed by atoms with Crippen LogP contribution in [-0.2, 0) is 18.4 Å². The molecule has 1 N–H and O–H groups in total. The average Bonchev–Trinajstić information content (AvgIpc) is 2.79. The van der Waals surface area contributed by atoms with Crippen molar-refractivity contribution in [3.05, 3.63) is 33.0 Å². The van der Waals surface area contributed by atoms with Crippen LogP contribution in [0.2, 0.25) is 0 Å². The molecule has 2 heterocycles. The molecule has 0 amide bonds. The number of carbonyl (C=O) groups excluding carboxylic acids is 1. The second kappa shape index (κ2) is 6.13. The highest BCUT2D eigenvalue weighted by Gasteiger charge is 2.17. The van der Waals surface area contributed by atoms with E-state index in [0.29, 0.717) is 22.9 Å². The lowest BCUT2D eigenvalue weighted by molar-refractivity contribution is -0.114. The number of rotatable bonds is 5. The van der Waals surface area contributed by atoms with Crippen molar-refractivity contribution in [3.8, 4) is 0 Å². The average molecular weight is 308 g/mol. The quantitative estimate of drug-likeness (QED) is 0.648. The van der Waals surface area contributed by atoms with Crippen molar-refractivity contribution in [2.75, 3.05) is 5.75 Å². The molecule has 0 aromatic carbocycles. The third-order valence-electron chi connectivity index (χ3n) is 2.90. The molecule has 0 atom stereocenters. The van der Waals surface area contributed by atoms with Gasteiger partial charge in [0.15, 0.2) is 16.3 Å². The van der Waals surface area contributed by atoms with Crippen LogP contribution >= 0.6 is 11.8 Å². The molecular weight excluding hydrogens is 292 g/mol. The summed E-state index contributed by atoms with van der Waals surface area (Å²) in [6, 6.07) is 0. The number of imidazole rings is 1. The van der Waals surface area contributed by atoms with Crippen molar-refractivity contribution in [2.24, 2.45) is 7.05 Å². The summed E-state index contributed by atoms with van der Waals surface area (Å²) < 4.78 is 3.00. The number of thioether (sulfide) groups is 1. The maximum atomic E-state index is 12.1. The van der Waals surface area contributed by atoms with Gasteiger partial charge in [0.05, 0.1) is 5.75 Å². The summed E-state index contributed by atoms with van der Waals surface area (Å²) in [5.41, 5.74) is -0.327. The zero-order chi connectivity index (χ0) is 15.6. The number of hydrogen-bond acceptors (Lipinski definition) is 5. The minimum atomic E-state index is -0.508. The highest BCUT2D eigenvalue weighted by atomic mass is 32.2. The van der Waals surface area contributed by atoms with Gasteiger partial charge in [0.1, 0.15) is 5.78 Å². The van der Waals surface area contributed by atoms with Crippen molar-refractivity contribution >= 4 is 28.7 Å². The molecule has 0 bridgehead atoms. The molecule has 2 aromatic heterocycles. The van der Waals surface area contributed by atoms with Crippen molar-refractivity contribution in [2.45, 2.75) is 25.5 Å². The van der Waals surface area contributed by atoms with Gasteiger partial charge in [0, 0.05) is 13.6 Å². The fourth-order valence-electron chi connectivity index (χ4n) is 1.87. The number of fused-ring (bicyclic) bond motifs is 1. The molecule has 0 saturated heterocycles. The van der Waals surface area contributed by atoms with E-state index in [1.54, 1.807) is 11.6 Å². The monoisotopic (exact) mass is 308 g/mol. The van der Waals surface area contributed by atoms with Gasteiger partial charge in [-0.15, -0.1) is 0 Å². The maximum absolute atomic E-state index is 12.1. The van der Waals surface area contributed by atoms with Crippen molar-refractivity contribution in [1.82, 2.24) is 19.1 Å². The summed E-state index contributed by atoms with van der Waals surface area (Å²) in [5, 5.41) is 0.546. The number of aromatic nitrogens is 4. The molecular formula is C13H16N4O3S. The summed E-state index contributed by atoms with van der Waals surface area (Å²) in [7, 11) is 1.55. The van der Waals surface area contributed by atoms with Crippen LogP contribution in [0.1, 0.15) is 13.8 Å². The van der Waals surface area contributed by atoms with Crippen molar-refractivity contribution in [3.63, 3.8) is 0 Å². The van der Waals surface area contributed by atoms with Crippen LogP contribution in [0.25, 0.3) is 11.2 Å². The van der Waals surface area contributed by atoms with Crippen LogP contribution in [0.4, 0.5) is 0 Å². The standard InChI is InChI=1S/C13H16N4O3S/c1-4-5-6-17-9-10(14-13(17)21-7-8(2)18)16(3)12(20)15-11(9)19/h4-5H,6-7H2,1-3H3,(H,15,19,20). The summed E-state index contributed by atoms with van der Waals surface area (Å²) in [6.07, 6.45) is 3.74. The van der Waals surface area contributed by atoms with Gasteiger partial charge < -0.3 is 4.57 Å². The topological polar surface area (TPSA) is 89.8 Å². The number of hydrogen-bond donors (Lipinski definition) is 1. The number of aromatic amines is 1. The Morgan fingerprint density at radius 1 is 1.43 bits per heavy atom. The largest absolute Gasteiger partial charge is 0.329 e. The van der Waals surface area contributed by atoms with Crippen molar-refractivity contribution < 1.29 is 4.79 Å². The van der Waals surface area contributed by atoms with Gasteiger partial charge in [-0.05, 0) is 13.8 Å². The zero-order valence-electron chi connectivity index (χ0n) is 12.0. The predicted octanol–water partition coefficient (Wildman–Crippen LogP) is 0.680. The Balaban J connectivity index is 2.69. The first-order valence-electron chi connectivity index (χ1n) is 6.38. The number of nitrogens with zero attached hydrogens (tertiary/aromatic N) is 3. The first-order chi connectivity index (χ1) is 9.95. The van der Waals surface area contributed by atoms with E-state index in [4.69, 9.17) is 0 Å². The molecule has 0 fully saturated rings. The van der Waals surface area contributed by atoms with E-state index >= 15 is 0 Å². The van der Waals surface area contributed by atoms with Crippen LogP contribution in [0.5, 0.6) is 0 Å². The van der Waals surface area contributed by atoms with Gasteiger partial charge >= 0.3 is 5.69 Å². The second-order valence-electron chi connectivity index (χ2n) is 4.56. The summed E-state index contributed by atoms with van der Waals surface area (Å²) >= 11 is 1.25. The molecule has 0 spiro atoms. The Kier molecular flexibility index (Phi) is 4.46. The van der Waals surface area contributed by atoms with E-state index in [1.165, 1.54) is 23.3 Å². The van der Waals surface area contributed by atoms with E-state index in [-0.39, 0.29) is 11.5 Å². The van der Waals surface area contributed by atoms with E-state index in [2.05, 4.69) is 9.97 Å². The molecule has 112 valence electrons. The van der Waals surface area contributed by atoms with Crippen LogP contribution in [0.15, 0.2) is 26.9 Å². The molecule has 2 rings (SSSR count). The summed E-state index contributed by atoms with van der Waals surface area (Å²) in [4.78, 5) is 41.5. The maximum Gasteiger partial charge on any atom is 0.329 e. The van der Waals surface area contributed by atoms with E-state index in [0.717, 1.165) is 0 Å². The Hall–Kier alpha value is -2.09. The van der Waals surface area contributed by atoms with Crippen LogP contribution in [-0.4, -0.2) is 30.6 Å². The van der Waals surface area contributed by atoms with Gasteiger partial charge in [-0.2, -0.15) is 0 Å². The predicted molar refractivity (Wildman–Crippen MR) is 81.8 cm³/mol. The number of ketones is 1. The lowest BCUT2D eigenvalue weighted by atomic mass is 10.4. The number of Topliss-reactive ketones (excluding diaryl/α,β-unsaturated/α-hetero) is 1. The Bertz CT molecular complexity index is 828. The highest BCUT2D eigenvalue weighted by Crippen LogP contribution is 2.21. The number of nitrogens with one attached hydrogen (secondary N) is 1. The number of H-pyrrole nitrogens is 1. The third-order valence-corrected chi connectivity index (χ3v) is 4.02. The minimum absolute atomic E-state index is 0.0208. The number of aryl methyl sites for hydroxylation is 1. The lowest BCUT2D eigenvalue weighted by Crippen LogP contribution is -2.29. The van der Waals surface area contributed by atoms with E-state index in [1.807, 2.05) is 19.1 Å². The highest BCUT2D eigenvalue weighted by molar-refractivity contribution is 7.99. The normalized spacial score (nSPS) is 11.6. The van der Waals surface area contributed by atoms with Crippen LogP contribution in [0, 0.1) is 0 Å². The lowest BCUT2D eigenvalue weighted by Gasteiger charge is -2.04. The second-order valence-corrected chi connectivity index (χ2v) is 5.50. The number of allylic oxidation sites excluding steroid dienone is 2. The zero-order valence-corrected chi connectivity index (χ0v) is 12.9. The molecule has 0 aliphatic heterocycles. The Morgan fingerprint density at radius 3 is 2.76 bits per heavy atom. The number of carbonyl (C=O) groups is 1. The SMILES string of the molecule is CC=CCn1c(SCC(C)=O)nc2c1c(=O)[nH]c(=O)n2C. The molecule has 7 nitrogen and oxygen atoms in total. The molecule has 0 aliphatic rings. The molecule has 0 unspecified atom stereocenters. The van der Waals surface area contributed by atoms with Gasteiger partial charge in [0.2, 0.25) is 0 Å². The first-order valence-corrected chi connectivity index (χ1v) is 7.37. The van der Waals surface area contributed by atoms with Crippen molar-refractivity contribution in [1.29, 1.82) is 0 Å². The molecule has 0 radical (unpaired) electrons. The molecule has 0 aliphatic carbocycles. The molecule has 8 heteroatoms. The van der Waals surface area contributed by atoms with Gasteiger partial charge in [0.25, 0.3) is 5.56 Å². The molecule has 2 aromatic rings. The fourth-order valence-corrected chi connectivity index (χ4v) is 2.68.